The molecule has 4 nitrogen and oxygen atoms in total. The van der Waals surface area contributed by atoms with E-state index < -0.39 is 0 Å². The third-order valence-electron chi connectivity index (χ3n) is 2.98. The fraction of sp³-hybridized carbons (Fsp3) is 0.909. The van der Waals surface area contributed by atoms with Crippen LogP contribution in [-0.2, 0) is 0 Å². The van der Waals surface area contributed by atoms with Crippen LogP contribution in [0.3, 0.4) is 0 Å². The van der Waals surface area contributed by atoms with Gasteiger partial charge in [-0.3, -0.25) is 10.4 Å². The first-order chi connectivity index (χ1) is 7.80. The van der Waals surface area contributed by atoms with E-state index in [4.69, 9.17) is 5.84 Å². The molecule has 0 spiro atoms. The van der Waals surface area contributed by atoms with Gasteiger partial charge in [-0.1, -0.05) is 13.3 Å². The lowest BCUT2D eigenvalue weighted by Gasteiger charge is -2.15. The molecule has 0 aromatic carbocycles. The zero-order valence-corrected chi connectivity index (χ0v) is 11.1. The van der Waals surface area contributed by atoms with Gasteiger partial charge in [-0.05, 0) is 31.9 Å². The minimum absolute atomic E-state index is 0.536. The van der Waals surface area contributed by atoms with E-state index in [1.807, 2.05) is 11.8 Å². The second-order valence-electron chi connectivity index (χ2n) is 4.24. The number of nitrogens with two attached hydrogens (primary N) is 1. The minimum Gasteiger partial charge on any atom is -0.353 e. The Balaban J connectivity index is 2.30. The minimum atomic E-state index is 0.536. The predicted molar refractivity (Wildman–Crippen MR) is 72.6 cm³/mol. The number of thioether (sulfide) groups is 1. The van der Waals surface area contributed by atoms with Crippen molar-refractivity contribution in [1.29, 1.82) is 0 Å². The smallest absolute Gasteiger partial charge is 0.205 e. The van der Waals surface area contributed by atoms with Crippen LogP contribution in [0.1, 0.15) is 39.0 Å². The molecule has 1 fully saturated rings. The molecule has 1 rings (SSSR count). The van der Waals surface area contributed by atoms with Gasteiger partial charge in [0.15, 0.2) is 0 Å². The highest BCUT2D eigenvalue weighted by Gasteiger charge is 2.24. The molecule has 0 aromatic heterocycles. The summed E-state index contributed by atoms with van der Waals surface area (Å²) in [5.74, 6) is 6.20. The van der Waals surface area contributed by atoms with Gasteiger partial charge < -0.3 is 5.32 Å². The van der Waals surface area contributed by atoms with Crippen molar-refractivity contribution in [2.75, 3.05) is 12.8 Å². The van der Waals surface area contributed by atoms with E-state index in [1.54, 1.807) is 0 Å². The number of nitrogens with zero attached hydrogens (tertiary/aromatic N) is 1. The molecule has 0 heterocycles. The number of hydrogen-bond acceptors (Lipinski definition) is 3. The maximum Gasteiger partial charge on any atom is 0.205 e. The van der Waals surface area contributed by atoms with Crippen molar-refractivity contribution in [3.63, 3.8) is 0 Å². The summed E-state index contributed by atoms with van der Waals surface area (Å²) in [4.78, 5) is 4.41. The van der Waals surface area contributed by atoms with Gasteiger partial charge in [-0.15, -0.1) is 0 Å². The van der Waals surface area contributed by atoms with Gasteiger partial charge in [0.2, 0.25) is 5.96 Å². The molecule has 0 radical (unpaired) electrons. The van der Waals surface area contributed by atoms with Gasteiger partial charge in [0.1, 0.15) is 0 Å². The van der Waals surface area contributed by atoms with Crippen molar-refractivity contribution in [2.45, 2.75) is 50.3 Å². The van der Waals surface area contributed by atoms with E-state index in [0.717, 1.165) is 24.2 Å². The Kier molecular flexibility index (Phi) is 6.64. The normalized spacial score (nSPS) is 25.8. The van der Waals surface area contributed by atoms with Gasteiger partial charge in [0.05, 0.1) is 0 Å². The maximum atomic E-state index is 5.45. The summed E-state index contributed by atoms with van der Waals surface area (Å²) in [6, 6.07) is 0.536. The highest BCUT2D eigenvalue weighted by atomic mass is 32.2. The van der Waals surface area contributed by atoms with Crippen molar-refractivity contribution in [2.24, 2.45) is 10.8 Å². The van der Waals surface area contributed by atoms with E-state index in [1.165, 1.54) is 25.7 Å². The SMILES string of the molecule is CCCCN=C(NN)NC1CCC(SC)C1. The average Bonchev–Trinajstić information content (AvgIpc) is 2.75. The van der Waals surface area contributed by atoms with Crippen molar-refractivity contribution in [3.05, 3.63) is 0 Å². The number of guanidine groups is 1. The van der Waals surface area contributed by atoms with Crippen LogP contribution in [0.5, 0.6) is 0 Å². The molecule has 0 aliphatic heterocycles. The molecule has 16 heavy (non-hydrogen) atoms. The zero-order valence-electron chi connectivity index (χ0n) is 10.3. The molecule has 1 saturated carbocycles. The molecule has 2 atom stereocenters. The topological polar surface area (TPSA) is 62.4 Å². The molecule has 1 aliphatic rings. The Morgan fingerprint density at radius 3 is 2.88 bits per heavy atom. The third kappa shape index (κ3) is 4.61. The lowest BCUT2D eigenvalue weighted by Crippen LogP contribution is -2.45. The van der Waals surface area contributed by atoms with E-state index in [9.17, 15) is 0 Å². The number of aliphatic imine (C=N–C) groups is 1. The van der Waals surface area contributed by atoms with Gasteiger partial charge in [0, 0.05) is 17.8 Å². The van der Waals surface area contributed by atoms with Crippen molar-refractivity contribution >= 4 is 17.7 Å². The number of rotatable bonds is 5. The quantitative estimate of drug-likeness (QED) is 0.225. The Morgan fingerprint density at radius 2 is 2.31 bits per heavy atom. The fourth-order valence-electron chi connectivity index (χ4n) is 1.96. The van der Waals surface area contributed by atoms with Crippen LogP contribution in [0.15, 0.2) is 4.99 Å². The molecule has 2 unspecified atom stereocenters. The molecular weight excluding hydrogens is 220 g/mol. The molecule has 4 N–H and O–H groups in total. The summed E-state index contributed by atoms with van der Waals surface area (Å²) in [5.41, 5.74) is 2.65. The van der Waals surface area contributed by atoms with E-state index in [2.05, 4.69) is 28.9 Å². The molecule has 0 saturated heterocycles. The fourth-order valence-corrected chi connectivity index (χ4v) is 2.76. The second-order valence-corrected chi connectivity index (χ2v) is 5.38. The van der Waals surface area contributed by atoms with Gasteiger partial charge in [-0.2, -0.15) is 11.8 Å². The largest absolute Gasteiger partial charge is 0.353 e. The van der Waals surface area contributed by atoms with Crippen LogP contribution in [0.2, 0.25) is 0 Å². The van der Waals surface area contributed by atoms with Crippen molar-refractivity contribution in [3.8, 4) is 0 Å². The number of nitrogens with one attached hydrogen (secondary N) is 2. The van der Waals surface area contributed by atoms with Crippen LogP contribution >= 0.6 is 11.8 Å². The van der Waals surface area contributed by atoms with Crippen LogP contribution in [0, 0.1) is 0 Å². The lowest BCUT2D eigenvalue weighted by molar-refractivity contribution is 0.614. The number of hydrazine groups is 1. The first-order valence-corrected chi connectivity index (χ1v) is 7.39. The van der Waals surface area contributed by atoms with Crippen molar-refractivity contribution < 1.29 is 0 Å². The lowest BCUT2D eigenvalue weighted by atomic mass is 10.2. The molecule has 94 valence electrons. The van der Waals surface area contributed by atoms with E-state index >= 15 is 0 Å². The molecule has 5 heteroatoms. The predicted octanol–water partition coefficient (Wildman–Crippen LogP) is 1.48. The van der Waals surface area contributed by atoms with Gasteiger partial charge in [-0.25, -0.2) is 5.84 Å². The van der Waals surface area contributed by atoms with Crippen molar-refractivity contribution in [1.82, 2.24) is 10.7 Å². The van der Waals surface area contributed by atoms with Crippen LogP contribution in [-0.4, -0.2) is 30.1 Å². The summed E-state index contributed by atoms with van der Waals surface area (Å²) in [5, 5.41) is 4.19. The highest BCUT2D eigenvalue weighted by molar-refractivity contribution is 7.99. The van der Waals surface area contributed by atoms with Gasteiger partial charge >= 0.3 is 0 Å². The highest BCUT2D eigenvalue weighted by Crippen LogP contribution is 2.27. The van der Waals surface area contributed by atoms with Crippen LogP contribution < -0.4 is 16.6 Å². The maximum absolute atomic E-state index is 5.45. The molecule has 0 bridgehead atoms. The Morgan fingerprint density at radius 1 is 1.50 bits per heavy atom. The first-order valence-electron chi connectivity index (χ1n) is 6.10. The number of hydrogen-bond donors (Lipinski definition) is 3. The van der Waals surface area contributed by atoms with Gasteiger partial charge in [0.25, 0.3) is 0 Å². The monoisotopic (exact) mass is 244 g/mol. The number of unbranched alkanes of at least 4 members (excludes halogenated alkanes) is 1. The standard InChI is InChI=1S/C11H24N4S/c1-3-4-7-13-11(15-12)14-9-5-6-10(8-9)16-2/h9-10H,3-8,12H2,1-2H3,(H2,13,14,15). The molecule has 1 aliphatic carbocycles. The summed E-state index contributed by atoms with van der Waals surface area (Å²) < 4.78 is 0. The summed E-state index contributed by atoms with van der Waals surface area (Å²) in [7, 11) is 0. The second kappa shape index (κ2) is 7.79. The average molecular weight is 244 g/mol. The molecule has 0 amide bonds. The first kappa shape index (κ1) is 13.6. The van der Waals surface area contributed by atoms with E-state index in [0.29, 0.717) is 6.04 Å². The third-order valence-corrected chi connectivity index (χ3v) is 4.07. The Bertz CT molecular complexity index is 220. The zero-order chi connectivity index (χ0) is 11.8. The summed E-state index contributed by atoms with van der Waals surface area (Å²) in [6.45, 7) is 3.01. The molecular formula is C11H24N4S. The van der Waals surface area contributed by atoms with Crippen LogP contribution in [0.25, 0.3) is 0 Å². The Hall–Kier alpha value is -0.420. The van der Waals surface area contributed by atoms with Crippen LogP contribution in [0.4, 0.5) is 0 Å². The Labute approximate surface area is 103 Å². The summed E-state index contributed by atoms with van der Waals surface area (Å²) >= 11 is 1.96. The van der Waals surface area contributed by atoms with E-state index in [-0.39, 0.29) is 0 Å². The summed E-state index contributed by atoms with van der Waals surface area (Å²) in [6.07, 6.45) is 8.20. The molecule has 0 aromatic rings.